The molecule has 0 aromatic rings. The van der Waals surface area contributed by atoms with Gasteiger partial charge in [0.05, 0.1) is 26.4 Å². The van der Waals surface area contributed by atoms with E-state index in [9.17, 15) is 9.13 Å². The van der Waals surface area contributed by atoms with E-state index in [0.717, 1.165) is 77.0 Å². The summed E-state index contributed by atoms with van der Waals surface area (Å²) < 4.78 is 46.8. The van der Waals surface area contributed by atoms with Crippen molar-refractivity contribution in [2.24, 2.45) is 0 Å². The van der Waals surface area contributed by atoms with Gasteiger partial charge in [-0.15, -0.1) is 0 Å². The molecule has 202 valence electrons. The Labute approximate surface area is 210 Å². The third-order valence-corrected chi connectivity index (χ3v) is 8.63. The van der Waals surface area contributed by atoms with Crippen LogP contribution in [-0.4, -0.2) is 26.4 Å². The van der Waals surface area contributed by atoms with Gasteiger partial charge in [-0.2, -0.15) is 0 Å². The van der Waals surface area contributed by atoms with Gasteiger partial charge in [0.25, 0.3) is 0 Å². The maximum absolute atomic E-state index is 12.4. The van der Waals surface area contributed by atoms with Crippen molar-refractivity contribution in [3.8, 4) is 0 Å². The quantitative estimate of drug-likeness (QED) is 0.0789. The van der Waals surface area contributed by atoms with Gasteiger partial charge < -0.3 is 18.1 Å². The molecule has 0 saturated carbocycles. The van der Waals surface area contributed by atoms with Crippen LogP contribution in [-0.2, 0) is 27.2 Å². The second kappa shape index (κ2) is 23.2. The predicted octanol–water partition coefficient (Wildman–Crippen LogP) is 10.0. The Balaban J connectivity index is 3.63. The second-order valence-corrected chi connectivity index (χ2v) is 12.6. The summed E-state index contributed by atoms with van der Waals surface area (Å²) in [4.78, 5) is 0. The molecule has 0 radical (unpaired) electrons. The number of unbranched alkanes of at least 4 members (excludes halogenated alkanes) is 13. The van der Waals surface area contributed by atoms with Crippen LogP contribution in [0.5, 0.6) is 0 Å². The lowest BCUT2D eigenvalue weighted by Gasteiger charge is -2.15. The van der Waals surface area contributed by atoms with Crippen LogP contribution in [0.2, 0.25) is 0 Å². The zero-order valence-corrected chi connectivity index (χ0v) is 23.8. The second-order valence-electron chi connectivity index (χ2n) is 8.73. The molecule has 2 atom stereocenters. The Morgan fingerprint density at radius 1 is 0.471 bits per heavy atom. The first-order valence-corrected chi connectivity index (χ1v) is 16.7. The summed E-state index contributed by atoms with van der Waals surface area (Å²) in [6.07, 6.45) is 17.1. The summed E-state index contributed by atoms with van der Waals surface area (Å²) in [5, 5.41) is 0. The van der Waals surface area contributed by atoms with Gasteiger partial charge in [-0.05, 0) is 25.7 Å². The Morgan fingerprint density at radius 2 is 0.706 bits per heavy atom. The summed E-state index contributed by atoms with van der Waals surface area (Å²) in [6, 6.07) is 0. The predicted molar refractivity (Wildman–Crippen MR) is 145 cm³/mol. The van der Waals surface area contributed by atoms with E-state index in [4.69, 9.17) is 18.1 Å². The fourth-order valence-electron chi connectivity index (χ4n) is 3.37. The van der Waals surface area contributed by atoms with Gasteiger partial charge >= 0.3 is 15.2 Å². The number of hydrogen-bond acceptors (Lipinski definition) is 6. The van der Waals surface area contributed by atoms with Crippen LogP contribution in [0.3, 0.4) is 0 Å². The standard InChI is InChI=1S/C26H52O6P2/c1-5-9-11-19-23-29-33(27,7-3)31-25-21-17-15-13-14-16-18-22-26-32-34(28,8-4)30-24-20-12-10-6-2/h7-8H,3-6,9-26H2,1-2H3. The first kappa shape index (κ1) is 33.8. The van der Waals surface area contributed by atoms with E-state index in [2.05, 4.69) is 27.0 Å². The molecule has 0 rings (SSSR count). The molecule has 0 heterocycles. The van der Waals surface area contributed by atoms with Crippen molar-refractivity contribution in [3.63, 3.8) is 0 Å². The molecule has 0 aliphatic carbocycles. The average molecular weight is 523 g/mol. The summed E-state index contributed by atoms with van der Waals surface area (Å²) in [5.74, 6) is 2.65. The van der Waals surface area contributed by atoms with Crippen molar-refractivity contribution in [2.45, 2.75) is 117 Å². The molecule has 0 aliphatic heterocycles. The molecular weight excluding hydrogens is 470 g/mol. The Hall–Kier alpha value is -0.220. The lowest BCUT2D eigenvalue weighted by molar-refractivity contribution is 0.204. The van der Waals surface area contributed by atoms with E-state index in [1.165, 1.54) is 37.3 Å². The van der Waals surface area contributed by atoms with Crippen molar-refractivity contribution >= 4 is 15.2 Å². The summed E-state index contributed by atoms with van der Waals surface area (Å²) in [6.45, 7) is 13.4. The number of rotatable bonds is 27. The molecule has 0 spiro atoms. The van der Waals surface area contributed by atoms with Crippen LogP contribution in [0.4, 0.5) is 0 Å². The zero-order valence-electron chi connectivity index (χ0n) is 22.1. The van der Waals surface area contributed by atoms with E-state index in [-0.39, 0.29) is 0 Å². The van der Waals surface area contributed by atoms with Crippen LogP contribution in [0.15, 0.2) is 24.8 Å². The highest BCUT2D eigenvalue weighted by Gasteiger charge is 2.20. The minimum Gasteiger partial charge on any atom is -0.306 e. The fraction of sp³-hybridized carbons (Fsp3) is 0.846. The lowest BCUT2D eigenvalue weighted by Crippen LogP contribution is -1.98. The monoisotopic (exact) mass is 522 g/mol. The third-order valence-electron chi connectivity index (χ3n) is 5.57. The van der Waals surface area contributed by atoms with Crippen LogP contribution >= 0.6 is 15.2 Å². The van der Waals surface area contributed by atoms with Gasteiger partial charge in [0.2, 0.25) is 0 Å². The van der Waals surface area contributed by atoms with Crippen LogP contribution in [0.25, 0.3) is 0 Å². The molecule has 0 N–H and O–H groups in total. The van der Waals surface area contributed by atoms with Crippen molar-refractivity contribution in [2.75, 3.05) is 26.4 Å². The maximum Gasteiger partial charge on any atom is 0.353 e. The lowest BCUT2D eigenvalue weighted by atomic mass is 10.1. The third kappa shape index (κ3) is 20.0. The highest BCUT2D eigenvalue weighted by atomic mass is 31.2. The van der Waals surface area contributed by atoms with Crippen molar-refractivity contribution in [3.05, 3.63) is 24.8 Å². The number of hydrogen-bond donors (Lipinski definition) is 0. The van der Waals surface area contributed by atoms with E-state index in [1.807, 2.05) is 0 Å². The normalized spacial score (nSPS) is 15.0. The van der Waals surface area contributed by atoms with E-state index in [1.54, 1.807) is 0 Å². The molecular formula is C26H52O6P2. The molecule has 8 heteroatoms. The minimum atomic E-state index is -3.13. The largest absolute Gasteiger partial charge is 0.353 e. The summed E-state index contributed by atoms with van der Waals surface area (Å²) in [5.41, 5.74) is 0. The minimum absolute atomic E-state index is 0.444. The van der Waals surface area contributed by atoms with Gasteiger partial charge in [-0.25, -0.2) is 0 Å². The molecule has 0 aliphatic rings. The molecule has 6 nitrogen and oxygen atoms in total. The first-order valence-electron chi connectivity index (χ1n) is 13.5. The van der Waals surface area contributed by atoms with E-state index in [0.29, 0.717) is 26.4 Å². The van der Waals surface area contributed by atoms with Crippen LogP contribution < -0.4 is 0 Å². The van der Waals surface area contributed by atoms with Gasteiger partial charge in [-0.3, -0.25) is 9.13 Å². The smallest absolute Gasteiger partial charge is 0.306 e. The molecule has 34 heavy (non-hydrogen) atoms. The zero-order chi connectivity index (χ0) is 25.4. The summed E-state index contributed by atoms with van der Waals surface area (Å²) >= 11 is 0. The van der Waals surface area contributed by atoms with Crippen molar-refractivity contribution < 1.29 is 27.2 Å². The first-order chi connectivity index (χ1) is 16.4. The molecule has 0 aromatic carbocycles. The van der Waals surface area contributed by atoms with Gasteiger partial charge in [0.15, 0.2) is 0 Å². The molecule has 0 bridgehead atoms. The van der Waals surface area contributed by atoms with Gasteiger partial charge in [-0.1, -0.05) is 104 Å². The maximum atomic E-state index is 12.4. The summed E-state index contributed by atoms with van der Waals surface area (Å²) in [7, 11) is -6.27. The van der Waals surface area contributed by atoms with Gasteiger partial charge in [0, 0.05) is 11.6 Å². The molecule has 0 saturated heterocycles. The van der Waals surface area contributed by atoms with Crippen LogP contribution in [0.1, 0.15) is 117 Å². The Kier molecular flexibility index (Phi) is 23.0. The molecule has 0 fully saturated rings. The molecule has 0 aromatic heterocycles. The fourth-order valence-corrected chi connectivity index (χ4v) is 5.48. The average Bonchev–Trinajstić information content (AvgIpc) is 2.84. The molecule has 0 amide bonds. The van der Waals surface area contributed by atoms with Crippen LogP contribution in [0, 0.1) is 0 Å². The van der Waals surface area contributed by atoms with E-state index >= 15 is 0 Å². The topological polar surface area (TPSA) is 71.1 Å². The molecule has 2 unspecified atom stereocenters. The van der Waals surface area contributed by atoms with Crippen molar-refractivity contribution in [1.29, 1.82) is 0 Å². The SMILES string of the molecule is C=CP(=O)(OCCCCCC)OCCCCCCCCCCOP(=O)(C=C)OCCCCCC. The Morgan fingerprint density at radius 3 is 0.941 bits per heavy atom. The Bertz CT molecular complexity index is 532. The van der Waals surface area contributed by atoms with E-state index < -0.39 is 15.2 Å². The highest BCUT2D eigenvalue weighted by Crippen LogP contribution is 2.50. The van der Waals surface area contributed by atoms with Crippen molar-refractivity contribution in [1.82, 2.24) is 0 Å². The van der Waals surface area contributed by atoms with Gasteiger partial charge in [0.1, 0.15) is 0 Å². The highest BCUT2D eigenvalue weighted by molar-refractivity contribution is 7.57.